The van der Waals surface area contributed by atoms with Gasteiger partial charge in [-0.05, 0) is 25.1 Å². The first-order valence-corrected chi connectivity index (χ1v) is 5.55. The lowest BCUT2D eigenvalue weighted by Crippen LogP contribution is -2.04. The Bertz CT molecular complexity index is 523. The number of ether oxygens (including phenoxy) is 1. The molecule has 17 heavy (non-hydrogen) atoms. The number of rotatable bonds is 3. The summed E-state index contributed by atoms with van der Waals surface area (Å²) in [5, 5.41) is 0.609. The Kier molecular flexibility index (Phi) is 3.36. The molecule has 0 spiro atoms. The lowest BCUT2D eigenvalue weighted by molar-refractivity contribution is 0.413. The highest BCUT2D eigenvalue weighted by atomic mass is 35.5. The van der Waals surface area contributed by atoms with Gasteiger partial charge in [-0.15, -0.1) is 0 Å². The minimum absolute atomic E-state index is 0.234. The second-order valence-electron chi connectivity index (χ2n) is 3.70. The van der Waals surface area contributed by atoms with Gasteiger partial charge < -0.3 is 14.9 Å². The Morgan fingerprint density at radius 2 is 2.24 bits per heavy atom. The van der Waals surface area contributed by atoms with Crippen molar-refractivity contribution in [3.8, 4) is 17.1 Å². The van der Waals surface area contributed by atoms with Gasteiger partial charge in [-0.2, -0.15) is 0 Å². The molecule has 2 aromatic rings. The van der Waals surface area contributed by atoms with Crippen molar-refractivity contribution < 1.29 is 9.15 Å². The molecule has 0 amide bonds. The van der Waals surface area contributed by atoms with E-state index in [0.717, 1.165) is 5.56 Å². The standard InChI is InChI=1S/C12H13ClN2O2/c1-7(14)12-15-6-11(17-12)9-4-3-8(13)5-10(9)16-2/h3-7H,14H2,1-2H3. The number of halogens is 1. The Hall–Kier alpha value is -1.52. The van der Waals surface area contributed by atoms with Crippen LogP contribution in [0.25, 0.3) is 11.3 Å². The van der Waals surface area contributed by atoms with E-state index >= 15 is 0 Å². The number of nitrogens with two attached hydrogens (primary N) is 1. The van der Waals surface area contributed by atoms with E-state index in [1.807, 2.05) is 13.0 Å². The molecule has 2 N–H and O–H groups in total. The van der Waals surface area contributed by atoms with Crippen LogP contribution in [0.4, 0.5) is 0 Å². The molecule has 0 fully saturated rings. The van der Waals surface area contributed by atoms with E-state index in [2.05, 4.69) is 4.98 Å². The van der Waals surface area contributed by atoms with Gasteiger partial charge in [0.2, 0.25) is 5.89 Å². The van der Waals surface area contributed by atoms with Crippen molar-refractivity contribution >= 4 is 11.6 Å². The number of hydrogen-bond donors (Lipinski definition) is 1. The quantitative estimate of drug-likeness (QED) is 0.912. The van der Waals surface area contributed by atoms with Gasteiger partial charge in [-0.1, -0.05) is 11.6 Å². The maximum absolute atomic E-state index is 5.89. The van der Waals surface area contributed by atoms with Crippen molar-refractivity contribution in [2.45, 2.75) is 13.0 Å². The van der Waals surface area contributed by atoms with Gasteiger partial charge in [0.05, 0.1) is 24.9 Å². The molecule has 0 bridgehead atoms. The molecule has 1 aromatic heterocycles. The van der Waals surface area contributed by atoms with Crippen LogP contribution in [0.2, 0.25) is 5.02 Å². The summed E-state index contributed by atoms with van der Waals surface area (Å²) in [6.45, 7) is 1.81. The lowest BCUT2D eigenvalue weighted by Gasteiger charge is -2.06. The first kappa shape index (κ1) is 12.0. The number of benzene rings is 1. The molecule has 4 nitrogen and oxygen atoms in total. The van der Waals surface area contributed by atoms with Crippen molar-refractivity contribution in [2.75, 3.05) is 7.11 Å². The molecule has 1 unspecified atom stereocenters. The second-order valence-corrected chi connectivity index (χ2v) is 4.13. The van der Waals surface area contributed by atoms with Crippen LogP contribution in [0.1, 0.15) is 18.9 Å². The van der Waals surface area contributed by atoms with E-state index in [9.17, 15) is 0 Å². The minimum Gasteiger partial charge on any atom is -0.496 e. The Balaban J connectivity index is 2.44. The molecular formula is C12H13ClN2O2. The van der Waals surface area contributed by atoms with Gasteiger partial charge in [0.1, 0.15) is 5.75 Å². The topological polar surface area (TPSA) is 61.3 Å². The van der Waals surface area contributed by atoms with E-state index in [0.29, 0.717) is 22.4 Å². The molecule has 0 aliphatic carbocycles. The van der Waals surface area contributed by atoms with Crippen molar-refractivity contribution in [3.05, 3.63) is 35.3 Å². The zero-order chi connectivity index (χ0) is 12.4. The number of nitrogens with zero attached hydrogens (tertiary/aromatic N) is 1. The van der Waals surface area contributed by atoms with Crippen molar-refractivity contribution in [1.29, 1.82) is 0 Å². The predicted octanol–water partition coefficient (Wildman–Crippen LogP) is 3.02. The third kappa shape index (κ3) is 2.43. The van der Waals surface area contributed by atoms with Gasteiger partial charge in [-0.25, -0.2) is 4.98 Å². The third-order valence-corrected chi connectivity index (χ3v) is 2.58. The van der Waals surface area contributed by atoms with E-state index in [4.69, 9.17) is 26.5 Å². The summed E-state index contributed by atoms with van der Waals surface area (Å²) in [5.41, 5.74) is 6.49. The number of hydrogen-bond acceptors (Lipinski definition) is 4. The smallest absolute Gasteiger partial charge is 0.211 e. The van der Waals surface area contributed by atoms with Crippen molar-refractivity contribution in [2.24, 2.45) is 5.73 Å². The summed E-state index contributed by atoms with van der Waals surface area (Å²) in [6, 6.07) is 5.09. The highest BCUT2D eigenvalue weighted by Gasteiger charge is 2.13. The molecule has 90 valence electrons. The normalized spacial score (nSPS) is 12.5. The van der Waals surface area contributed by atoms with Crippen molar-refractivity contribution in [1.82, 2.24) is 4.98 Å². The molecule has 0 saturated carbocycles. The molecule has 2 rings (SSSR count). The van der Waals surface area contributed by atoms with E-state index in [1.165, 1.54) is 0 Å². The molecule has 1 heterocycles. The Morgan fingerprint density at radius 1 is 1.47 bits per heavy atom. The summed E-state index contributed by atoms with van der Waals surface area (Å²) in [7, 11) is 1.58. The summed E-state index contributed by atoms with van der Waals surface area (Å²) in [6.07, 6.45) is 1.63. The summed E-state index contributed by atoms with van der Waals surface area (Å²) >= 11 is 5.89. The molecule has 5 heteroatoms. The monoisotopic (exact) mass is 252 g/mol. The fraction of sp³-hybridized carbons (Fsp3) is 0.250. The predicted molar refractivity (Wildman–Crippen MR) is 66.1 cm³/mol. The SMILES string of the molecule is COc1cc(Cl)ccc1-c1cnc(C(C)N)o1. The Labute approximate surface area is 104 Å². The van der Waals surface area contributed by atoms with Crippen LogP contribution in [-0.2, 0) is 0 Å². The second kappa shape index (κ2) is 4.77. The van der Waals surface area contributed by atoms with Crippen LogP contribution in [0.3, 0.4) is 0 Å². The van der Waals surface area contributed by atoms with Crippen LogP contribution in [0.5, 0.6) is 5.75 Å². The first-order chi connectivity index (χ1) is 8.11. The molecular weight excluding hydrogens is 240 g/mol. The molecule has 1 atom stereocenters. The van der Waals surface area contributed by atoms with E-state index in [1.54, 1.807) is 25.4 Å². The largest absolute Gasteiger partial charge is 0.496 e. The number of methoxy groups -OCH3 is 1. The average molecular weight is 253 g/mol. The van der Waals surface area contributed by atoms with Crippen molar-refractivity contribution in [3.63, 3.8) is 0 Å². The van der Waals surface area contributed by atoms with E-state index < -0.39 is 0 Å². The van der Waals surface area contributed by atoms with Gasteiger partial charge >= 0.3 is 0 Å². The highest BCUT2D eigenvalue weighted by molar-refractivity contribution is 6.30. The van der Waals surface area contributed by atoms with Gasteiger partial charge in [0.15, 0.2) is 5.76 Å². The molecule has 0 saturated heterocycles. The zero-order valence-corrected chi connectivity index (χ0v) is 10.4. The maximum Gasteiger partial charge on any atom is 0.211 e. The van der Waals surface area contributed by atoms with Gasteiger partial charge in [0.25, 0.3) is 0 Å². The number of oxazole rings is 1. The van der Waals surface area contributed by atoms with Crippen LogP contribution in [0, 0.1) is 0 Å². The lowest BCUT2D eigenvalue weighted by atomic mass is 10.1. The average Bonchev–Trinajstić information content (AvgIpc) is 2.78. The summed E-state index contributed by atoms with van der Waals surface area (Å²) in [4.78, 5) is 4.11. The van der Waals surface area contributed by atoms with Crippen LogP contribution in [0.15, 0.2) is 28.8 Å². The minimum atomic E-state index is -0.234. The Morgan fingerprint density at radius 3 is 2.82 bits per heavy atom. The molecule has 0 aliphatic rings. The van der Waals surface area contributed by atoms with Crippen LogP contribution in [-0.4, -0.2) is 12.1 Å². The van der Waals surface area contributed by atoms with Gasteiger partial charge in [0, 0.05) is 5.02 Å². The van der Waals surface area contributed by atoms with Crippen LogP contribution < -0.4 is 10.5 Å². The zero-order valence-electron chi connectivity index (χ0n) is 9.61. The molecule has 1 aromatic carbocycles. The van der Waals surface area contributed by atoms with E-state index in [-0.39, 0.29) is 6.04 Å². The molecule has 0 radical (unpaired) electrons. The maximum atomic E-state index is 5.89. The first-order valence-electron chi connectivity index (χ1n) is 5.17. The summed E-state index contributed by atoms with van der Waals surface area (Å²) < 4.78 is 10.8. The fourth-order valence-electron chi connectivity index (χ4n) is 1.49. The van der Waals surface area contributed by atoms with Crippen LogP contribution >= 0.6 is 11.6 Å². The third-order valence-electron chi connectivity index (χ3n) is 2.34. The number of aromatic nitrogens is 1. The van der Waals surface area contributed by atoms with Gasteiger partial charge in [-0.3, -0.25) is 0 Å². The summed E-state index contributed by atoms with van der Waals surface area (Å²) in [5.74, 6) is 1.76. The fourth-order valence-corrected chi connectivity index (χ4v) is 1.65. The highest BCUT2D eigenvalue weighted by Crippen LogP contribution is 2.33. The molecule has 0 aliphatic heterocycles.